The second-order valence-corrected chi connectivity index (χ2v) is 18.4. The van der Waals surface area contributed by atoms with E-state index in [0.717, 1.165) is 12.5 Å². The van der Waals surface area contributed by atoms with Gasteiger partial charge in [0.25, 0.3) is 41.9 Å². The monoisotopic (exact) mass is 873 g/mol. The van der Waals surface area contributed by atoms with E-state index in [-0.39, 0.29) is 31.7 Å². The second kappa shape index (κ2) is 17.3. The summed E-state index contributed by atoms with van der Waals surface area (Å²) in [5.41, 5.74) is 1.65. The lowest BCUT2D eigenvalue weighted by atomic mass is 10.1. The van der Waals surface area contributed by atoms with Crippen LogP contribution < -0.4 is 29.0 Å². The van der Waals surface area contributed by atoms with Crippen LogP contribution in [0.25, 0.3) is 10.9 Å². The number of amides is 3. The summed E-state index contributed by atoms with van der Waals surface area (Å²) in [5.74, 6) is -2.22. The number of fused-ring (bicyclic) bond motifs is 1. The number of carbonyl (C=O) groups excluding carboxylic acids is 3. The number of rotatable bonds is 15. The molecule has 3 amide bonds. The molecule has 0 bridgehead atoms. The highest BCUT2D eigenvalue weighted by Crippen LogP contribution is 2.33. The van der Waals surface area contributed by atoms with Crippen molar-refractivity contribution in [1.82, 2.24) is 19.3 Å². The molecule has 2 unspecified atom stereocenters. The zero-order valence-electron chi connectivity index (χ0n) is 32.4. The normalized spacial score (nSPS) is 12.8. The maximum Gasteiger partial charge on any atom is 0.267 e. The number of nitrogens with zero attached hydrogens (tertiary/aromatic N) is 1. The summed E-state index contributed by atoms with van der Waals surface area (Å²) in [4.78, 5) is 38.7. The molecule has 60 heavy (non-hydrogen) atoms. The smallest absolute Gasteiger partial charge is 0.267 e. The van der Waals surface area contributed by atoms with Crippen LogP contribution in [0.5, 0.6) is 11.5 Å². The molecule has 5 aromatic carbocycles. The first-order chi connectivity index (χ1) is 28.4. The van der Waals surface area contributed by atoms with Crippen molar-refractivity contribution in [2.45, 2.75) is 40.6 Å². The fraction of sp³-hybridized carbons (Fsp3) is 0.146. The molecule has 312 valence electrons. The minimum Gasteiger partial charge on any atom is -0.497 e. The van der Waals surface area contributed by atoms with Crippen LogP contribution in [0, 0.1) is 6.92 Å². The van der Waals surface area contributed by atoms with Crippen LogP contribution in [0.4, 0.5) is 5.69 Å². The van der Waals surface area contributed by atoms with Gasteiger partial charge < -0.3 is 19.4 Å². The molecule has 16 nitrogen and oxygen atoms in total. The summed E-state index contributed by atoms with van der Waals surface area (Å²) >= 11 is 0. The molecule has 1 aromatic heterocycles. The molecule has 0 aliphatic rings. The minimum absolute atomic E-state index is 0.0403. The van der Waals surface area contributed by atoms with Gasteiger partial charge >= 0.3 is 0 Å². The highest BCUT2D eigenvalue weighted by atomic mass is 32.2. The van der Waals surface area contributed by atoms with Crippen LogP contribution in [0.2, 0.25) is 0 Å². The number of sulfonamides is 3. The van der Waals surface area contributed by atoms with Crippen molar-refractivity contribution in [3.63, 3.8) is 0 Å². The Kier molecular flexibility index (Phi) is 12.3. The van der Waals surface area contributed by atoms with E-state index in [0.29, 0.717) is 22.2 Å². The number of hydrogen-bond donors (Lipinski definition) is 4. The predicted molar refractivity (Wildman–Crippen MR) is 222 cm³/mol. The van der Waals surface area contributed by atoms with Crippen LogP contribution in [-0.2, 0) is 44.5 Å². The standard InChI is InChI=1S/C41H39N5O11S3/c1-26-16-21-37(36(24-26)57-4)60(54,55)45-41(49)39(29-10-8-11-30(25-29)56-3)46-23-22-33-34(14-9-15-35(33)46)43-58(50,51)32-19-17-28(18-20-32)38(42-27(2)47)40(48)44-59(52,53)31-12-6-5-7-13-31/h5-25,38-39,43H,1-4H3,(H,42,47)(H,44,48)(H,45,49). The Balaban J connectivity index is 1.30. The summed E-state index contributed by atoms with van der Waals surface area (Å²) in [6, 6.07) is 26.4. The summed E-state index contributed by atoms with van der Waals surface area (Å²) in [6.07, 6.45) is 1.52. The molecule has 0 fully saturated rings. The maximum absolute atomic E-state index is 14.2. The van der Waals surface area contributed by atoms with Crippen molar-refractivity contribution in [1.29, 1.82) is 0 Å². The Labute approximate surface area is 346 Å². The quantitative estimate of drug-likeness (QED) is 0.112. The van der Waals surface area contributed by atoms with Gasteiger partial charge in [0.2, 0.25) is 5.91 Å². The molecule has 0 saturated carbocycles. The molecular formula is C41H39N5O11S3. The maximum atomic E-state index is 14.2. The van der Waals surface area contributed by atoms with Crippen molar-refractivity contribution in [2.24, 2.45) is 0 Å². The summed E-state index contributed by atoms with van der Waals surface area (Å²) in [5, 5.41) is 2.75. The number of ether oxygens (including phenoxy) is 2. The number of anilines is 1. The Bertz CT molecular complexity index is 2940. The molecule has 0 spiro atoms. The number of nitrogens with one attached hydrogen (secondary N) is 4. The fourth-order valence-electron chi connectivity index (χ4n) is 6.39. The van der Waals surface area contributed by atoms with Gasteiger partial charge in [-0.25, -0.2) is 34.7 Å². The molecule has 0 saturated heterocycles. The van der Waals surface area contributed by atoms with Gasteiger partial charge in [-0.1, -0.05) is 54.6 Å². The first kappa shape index (κ1) is 42.9. The zero-order chi connectivity index (χ0) is 43.4. The summed E-state index contributed by atoms with van der Waals surface area (Å²) in [6.45, 7) is 2.90. The number of methoxy groups -OCH3 is 2. The predicted octanol–water partition coefficient (Wildman–Crippen LogP) is 4.54. The van der Waals surface area contributed by atoms with Crippen LogP contribution in [0.3, 0.4) is 0 Å². The van der Waals surface area contributed by atoms with Crippen LogP contribution in [0.15, 0.2) is 142 Å². The molecule has 0 aliphatic carbocycles. The van der Waals surface area contributed by atoms with E-state index < -0.39 is 59.9 Å². The van der Waals surface area contributed by atoms with Crippen molar-refractivity contribution in [3.8, 4) is 11.5 Å². The van der Waals surface area contributed by atoms with E-state index in [1.165, 1.54) is 91.7 Å². The lowest BCUT2D eigenvalue weighted by Gasteiger charge is -2.21. The molecule has 2 atom stereocenters. The first-order valence-electron chi connectivity index (χ1n) is 17.9. The van der Waals surface area contributed by atoms with Crippen molar-refractivity contribution >= 4 is 64.4 Å². The molecule has 1 heterocycles. The number of aromatic nitrogens is 1. The van der Waals surface area contributed by atoms with Gasteiger partial charge in [-0.3, -0.25) is 19.1 Å². The highest BCUT2D eigenvalue weighted by molar-refractivity contribution is 7.92. The lowest BCUT2D eigenvalue weighted by molar-refractivity contribution is -0.127. The van der Waals surface area contributed by atoms with Crippen molar-refractivity contribution in [2.75, 3.05) is 18.9 Å². The van der Waals surface area contributed by atoms with E-state index in [4.69, 9.17) is 9.47 Å². The van der Waals surface area contributed by atoms with Gasteiger partial charge in [0.1, 0.15) is 28.5 Å². The van der Waals surface area contributed by atoms with Gasteiger partial charge in [0, 0.05) is 18.5 Å². The third kappa shape index (κ3) is 9.27. The van der Waals surface area contributed by atoms with Crippen molar-refractivity contribution in [3.05, 3.63) is 144 Å². The number of benzene rings is 5. The molecule has 4 N–H and O–H groups in total. The Hall–Kier alpha value is -6.70. The van der Waals surface area contributed by atoms with Gasteiger partial charge in [-0.15, -0.1) is 0 Å². The summed E-state index contributed by atoms with van der Waals surface area (Å²) in [7, 11) is -10.3. The molecular weight excluding hydrogens is 835 g/mol. The van der Waals surface area contributed by atoms with E-state index in [1.807, 2.05) is 4.72 Å². The average molecular weight is 874 g/mol. The van der Waals surface area contributed by atoms with E-state index in [2.05, 4.69) is 14.8 Å². The molecule has 19 heteroatoms. The van der Waals surface area contributed by atoms with Crippen molar-refractivity contribution < 1.29 is 49.1 Å². The van der Waals surface area contributed by atoms with Gasteiger partial charge in [-0.05, 0) is 90.3 Å². The molecule has 6 aromatic rings. The van der Waals surface area contributed by atoms with E-state index in [1.54, 1.807) is 61.5 Å². The Morgan fingerprint density at radius 1 is 0.633 bits per heavy atom. The van der Waals surface area contributed by atoms with Gasteiger partial charge in [0.05, 0.1) is 35.2 Å². The minimum atomic E-state index is -4.46. The number of carbonyl (C=O) groups is 3. The fourth-order valence-corrected chi connectivity index (χ4v) is 9.63. The molecule has 0 radical (unpaired) electrons. The zero-order valence-corrected chi connectivity index (χ0v) is 34.9. The Morgan fingerprint density at radius 2 is 1.30 bits per heavy atom. The SMILES string of the molecule is COc1cccc(C(C(=O)NS(=O)(=O)c2ccc(C)cc2OC)n2ccc3c(NS(=O)(=O)c4ccc(C(NC(C)=O)C(=O)NS(=O)(=O)c5ccccc5)cc4)cccc32)c1. The molecule has 6 rings (SSSR count). The number of aryl methyl sites for hydroxylation is 1. The largest absolute Gasteiger partial charge is 0.497 e. The highest BCUT2D eigenvalue weighted by Gasteiger charge is 2.31. The van der Waals surface area contributed by atoms with Crippen LogP contribution in [0.1, 0.15) is 35.7 Å². The lowest BCUT2D eigenvalue weighted by Crippen LogP contribution is -2.42. The Morgan fingerprint density at radius 3 is 1.97 bits per heavy atom. The third-order valence-electron chi connectivity index (χ3n) is 9.21. The van der Waals surface area contributed by atoms with Crippen LogP contribution >= 0.6 is 0 Å². The third-order valence-corrected chi connectivity index (χ3v) is 13.3. The average Bonchev–Trinajstić information content (AvgIpc) is 3.64. The second-order valence-electron chi connectivity index (χ2n) is 13.4. The summed E-state index contributed by atoms with van der Waals surface area (Å²) < 4.78 is 99.4. The van der Waals surface area contributed by atoms with Crippen LogP contribution in [-0.4, -0.2) is 61.8 Å². The molecule has 0 aliphatic heterocycles. The van der Waals surface area contributed by atoms with Gasteiger partial charge in [-0.2, -0.15) is 0 Å². The number of hydrogen-bond acceptors (Lipinski definition) is 11. The first-order valence-corrected chi connectivity index (χ1v) is 22.4. The van der Waals surface area contributed by atoms with E-state index >= 15 is 0 Å². The van der Waals surface area contributed by atoms with E-state index in [9.17, 15) is 39.6 Å². The topological polar surface area (TPSA) is 225 Å². The van der Waals surface area contributed by atoms with Gasteiger partial charge in [0.15, 0.2) is 0 Å².